The van der Waals surface area contributed by atoms with Gasteiger partial charge in [-0.3, -0.25) is 5.43 Å². The SMILES string of the molecule is NC(=S)N/N=C1/C[C@@H](c2ccc3c(c2)OCCCO3)Oc2ccc(Cl)cc21. The van der Waals surface area contributed by atoms with Gasteiger partial charge in [-0.15, -0.1) is 0 Å². The molecule has 0 unspecified atom stereocenters. The van der Waals surface area contributed by atoms with Crippen molar-refractivity contribution in [3.63, 3.8) is 0 Å². The van der Waals surface area contributed by atoms with Gasteiger partial charge in [0.2, 0.25) is 0 Å². The number of rotatable bonds is 2. The summed E-state index contributed by atoms with van der Waals surface area (Å²) >= 11 is 11.0. The second kappa shape index (κ2) is 7.62. The van der Waals surface area contributed by atoms with Crippen LogP contribution in [0.15, 0.2) is 41.5 Å². The minimum absolute atomic E-state index is 0.102. The van der Waals surface area contributed by atoms with E-state index in [4.69, 9.17) is 43.8 Å². The third kappa shape index (κ3) is 3.94. The van der Waals surface area contributed by atoms with Crippen LogP contribution in [-0.2, 0) is 0 Å². The van der Waals surface area contributed by atoms with Crippen molar-refractivity contribution in [3.05, 3.63) is 52.5 Å². The van der Waals surface area contributed by atoms with Crippen LogP contribution >= 0.6 is 23.8 Å². The highest BCUT2D eigenvalue weighted by atomic mass is 35.5. The van der Waals surface area contributed by atoms with Gasteiger partial charge in [-0.2, -0.15) is 5.10 Å². The maximum Gasteiger partial charge on any atom is 0.184 e. The Balaban J connectivity index is 1.68. The van der Waals surface area contributed by atoms with E-state index in [1.54, 1.807) is 6.07 Å². The Hall–Kier alpha value is -2.51. The molecule has 0 radical (unpaired) electrons. The predicted octanol–water partition coefficient (Wildman–Crippen LogP) is 3.56. The summed E-state index contributed by atoms with van der Waals surface area (Å²) in [5.74, 6) is 2.18. The van der Waals surface area contributed by atoms with Crippen LogP contribution in [0.3, 0.4) is 0 Å². The number of hydrazone groups is 1. The molecule has 0 aliphatic carbocycles. The lowest BCUT2D eigenvalue weighted by molar-refractivity contribution is 0.205. The van der Waals surface area contributed by atoms with E-state index >= 15 is 0 Å². The number of hydrogen-bond donors (Lipinski definition) is 2. The van der Waals surface area contributed by atoms with E-state index in [1.807, 2.05) is 30.3 Å². The first-order valence-electron chi connectivity index (χ1n) is 8.58. The zero-order chi connectivity index (χ0) is 18.8. The number of ether oxygens (including phenoxy) is 3. The number of thiocarbonyl (C=S) groups is 1. The van der Waals surface area contributed by atoms with Crippen LogP contribution in [0.1, 0.15) is 30.1 Å². The molecule has 2 heterocycles. The Kier molecular flexibility index (Phi) is 5.05. The van der Waals surface area contributed by atoms with Gasteiger partial charge in [0.25, 0.3) is 0 Å². The molecule has 8 heteroatoms. The van der Waals surface area contributed by atoms with Crippen molar-refractivity contribution >= 4 is 34.6 Å². The summed E-state index contributed by atoms with van der Waals surface area (Å²) in [6.07, 6.45) is 1.16. The van der Waals surface area contributed by atoms with E-state index in [-0.39, 0.29) is 11.2 Å². The summed E-state index contributed by atoms with van der Waals surface area (Å²) in [6.45, 7) is 1.29. The van der Waals surface area contributed by atoms with Crippen molar-refractivity contribution < 1.29 is 14.2 Å². The highest BCUT2D eigenvalue weighted by Crippen LogP contribution is 2.39. The normalized spacial score (nSPS) is 19.6. The highest BCUT2D eigenvalue weighted by Gasteiger charge is 2.28. The van der Waals surface area contributed by atoms with Crippen molar-refractivity contribution in [1.29, 1.82) is 0 Å². The molecule has 0 fully saturated rings. The summed E-state index contributed by atoms with van der Waals surface area (Å²) < 4.78 is 17.7. The molecule has 0 saturated heterocycles. The van der Waals surface area contributed by atoms with Crippen LogP contribution in [0.5, 0.6) is 17.2 Å². The van der Waals surface area contributed by atoms with Gasteiger partial charge in [-0.25, -0.2) is 0 Å². The quantitative estimate of drug-likeness (QED) is 0.589. The van der Waals surface area contributed by atoms with Gasteiger partial charge in [0.1, 0.15) is 11.9 Å². The number of halogens is 1. The third-order valence-electron chi connectivity index (χ3n) is 4.34. The Labute approximate surface area is 167 Å². The van der Waals surface area contributed by atoms with Crippen LogP contribution in [-0.4, -0.2) is 24.0 Å². The Bertz CT molecular complexity index is 919. The molecule has 2 aromatic carbocycles. The summed E-state index contributed by atoms with van der Waals surface area (Å²) in [5, 5.41) is 5.06. The molecule has 0 amide bonds. The Morgan fingerprint density at radius 1 is 1.11 bits per heavy atom. The van der Waals surface area contributed by atoms with Gasteiger partial charge in [-0.05, 0) is 48.1 Å². The maximum absolute atomic E-state index is 6.20. The lowest BCUT2D eigenvalue weighted by Gasteiger charge is -2.28. The third-order valence-corrected chi connectivity index (χ3v) is 4.67. The minimum atomic E-state index is -0.234. The number of fused-ring (bicyclic) bond motifs is 2. The zero-order valence-corrected chi connectivity index (χ0v) is 16.0. The van der Waals surface area contributed by atoms with Crippen molar-refractivity contribution in [1.82, 2.24) is 5.43 Å². The lowest BCUT2D eigenvalue weighted by Crippen LogP contribution is -2.28. The fourth-order valence-electron chi connectivity index (χ4n) is 3.11. The lowest BCUT2D eigenvalue weighted by atomic mass is 9.95. The molecule has 0 spiro atoms. The fourth-order valence-corrected chi connectivity index (χ4v) is 3.32. The summed E-state index contributed by atoms with van der Waals surface area (Å²) in [7, 11) is 0. The number of nitrogens with two attached hydrogens (primary N) is 1. The summed E-state index contributed by atoms with van der Waals surface area (Å²) in [4.78, 5) is 0. The smallest absolute Gasteiger partial charge is 0.184 e. The molecule has 140 valence electrons. The number of nitrogens with zero attached hydrogens (tertiary/aromatic N) is 1. The Morgan fingerprint density at radius 3 is 2.70 bits per heavy atom. The maximum atomic E-state index is 6.20. The molecule has 2 aliphatic heterocycles. The second-order valence-corrected chi connectivity index (χ2v) is 7.12. The van der Waals surface area contributed by atoms with Gasteiger partial charge >= 0.3 is 0 Å². The molecule has 2 aliphatic rings. The summed E-state index contributed by atoms with van der Waals surface area (Å²) in [5.41, 5.74) is 10.7. The van der Waals surface area contributed by atoms with E-state index in [0.29, 0.717) is 30.4 Å². The van der Waals surface area contributed by atoms with E-state index < -0.39 is 0 Å². The molecular formula is C19H18ClN3O3S. The molecule has 27 heavy (non-hydrogen) atoms. The van der Waals surface area contributed by atoms with Crippen molar-refractivity contribution in [2.75, 3.05) is 13.2 Å². The number of hydrogen-bond acceptors (Lipinski definition) is 5. The van der Waals surface area contributed by atoms with Crippen LogP contribution in [0.2, 0.25) is 5.02 Å². The first kappa shape index (κ1) is 17.9. The van der Waals surface area contributed by atoms with Gasteiger partial charge in [0.15, 0.2) is 16.6 Å². The van der Waals surface area contributed by atoms with Gasteiger partial charge in [0, 0.05) is 23.4 Å². The molecular weight excluding hydrogens is 386 g/mol. The van der Waals surface area contributed by atoms with Crippen LogP contribution < -0.4 is 25.4 Å². The Morgan fingerprint density at radius 2 is 1.89 bits per heavy atom. The van der Waals surface area contributed by atoms with Gasteiger partial charge in [0.05, 0.1) is 18.9 Å². The monoisotopic (exact) mass is 403 g/mol. The predicted molar refractivity (Wildman–Crippen MR) is 108 cm³/mol. The molecule has 0 aromatic heterocycles. The van der Waals surface area contributed by atoms with E-state index in [2.05, 4.69) is 10.5 Å². The average Bonchev–Trinajstić information content (AvgIpc) is 2.90. The topological polar surface area (TPSA) is 78.1 Å². The van der Waals surface area contributed by atoms with Crippen molar-refractivity contribution in [2.45, 2.75) is 18.9 Å². The highest BCUT2D eigenvalue weighted by molar-refractivity contribution is 7.80. The zero-order valence-electron chi connectivity index (χ0n) is 14.4. The second-order valence-electron chi connectivity index (χ2n) is 6.24. The molecule has 0 bridgehead atoms. The molecule has 2 aromatic rings. The van der Waals surface area contributed by atoms with Crippen LogP contribution in [0.4, 0.5) is 0 Å². The van der Waals surface area contributed by atoms with E-state index in [1.165, 1.54) is 0 Å². The van der Waals surface area contributed by atoms with E-state index in [0.717, 1.165) is 34.8 Å². The average molecular weight is 404 g/mol. The fraction of sp³-hybridized carbons (Fsp3) is 0.263. The minimum Gasteiger partial charge on any atom is -0.490 e. The number of nitrogens with one attached hydrogen (secondary N) is 1. The number of benzene rings is 2. The molecule has 3 N–H and O–H groups in total. The van der Waals surface area contributed by atoms with Gasteiger partial charge < -0.3 is 19.9 Å². The standard InChI is InChI=1S/C19H18ClN3O3S/c20-12-3-5-15-13(9-12)14(22-23-19(21)27)10-17(26-15)11-2-4-16-18(8-11)25-7-1-6-24-16/h2-5,8-9,17H,1,6-7,10H2,(H3,21,23,27)/b22-14-/t17-/m0/s1. The largest absolute Gasteiger partial charge is 0.490 e. The van der Waals surface area contributed by atoms with Crippen LogP contribution in [0, 0.1) is 0 Å². The molecule has 6 nitrogen and oxygen atoms in total. The first-order valence-corrected chi connectivity index (χ1v) is 9.37. The van der Waals surface area contributed by atoms with E-state index in [9.17, 15) is 0 Å². The molecule has 1 atom stereocenters. The van der Waals surface area contributed by atoms with Crippen molar-refractivity contribution in [3.8, 4) is 17.2 Å². The van der Waals surface area contributed by atoms with Crippen LogP contribution in [0.25, 0.3) is 0 Å². The molecule has 0 saturated carbocycles. The first-order chi connectivity index (χ1) is 13.1. The summed E-state index contributed by atoms with van der Waals surface area (Å²) in [6, 6.07) is 11.3. The van der Waals surface area contributed by atoms with Crippen molar-refractivity contribution in [2.24, 2.45) is 10.8 Å². The van der Waals surface area contributed by atoms with Gasteiger partial charge in [-0.1, -0.05) is 17.7 Å². The molecule has 4 rings (SSSR count).